The van der Waals surface area contributed by atoms with E-state index < -0.39 is 23.5 Å². The van der Waals surface area contributed by atoms with Crippen LogP contribution in [0.2, 0.25) is 0 Å². The lowest BCUT2D eigenvalue weighted by molar-refractivity contribution is -0.141. The molecule has 30 heavy (non-hydrogen) atoms. The molecule has 156 valence electrons. The quantitative estimate of drug-likeness (QED) is 0.666. The van der Waals surface area contributed by atoms with Gasteiger partial charge in [-0.1, -0.05) is 30.3 Å². The summed E-state index contributed by atoms with van der Waals surface area (Å²) in [7, 11) is 0. The second-order valence-corrected chi connectivity index (χ2v) is 7.06. The number of nitrogens with zero attached hydrogens (tertiary/aromatic N) is 3. The summed E-state index contributed by atoms with van der Waals surface area (Å²) in [6.07, 6.45) is -0.738. The number of piperidine rings is 1. The number of anilines is 2. The van der Waals surface area contributed by atoms with E-state index >= 15 is 0 Å². The van der Waals surface area contributed by atoms with Crippen LogP contribution in [0.3, 0.4) is 0 Å². The Labute approximate surface area is 170 Å². The summed E-state index contributed by atoms with van der Waals surface area (Å²) in [4.78, 5) is 21.7. The van der Waals surface area contributed by atoms with Crippen molar-refractivity contribution in [1.29, 1.82) is 0 Å². The second-order valence-electron chi connectivity index (χ2n) is 7.06. The Kier molecular flexibility index (Phi) is 5.43. The van der Waals surface area contributed by atoms with Crippen LogP contribution in [0.15, 0.2) is 59.5 Å². The fourth-order valence-corrected chi connectivity index (χ4v) is 3.61. The topological polar surface area (TPSA) is 71.3 Å². The highest BCUT2D eigenvalue weighted by Gasteiger charge is 2.39. The Balaban J connectivity index is 1.37. The van der Waals surface area contributed by atoms with Gasteiger partial charge in [0, 0.05) is 13.1 Å². The van der Waals surface area contributed by atoms with Gasteiger partial charge in [0.1, 0.15) is 5.82 Å². The lowest BCUT2D eigenvalue weighted by Gasteiger charge is -2.33. The zero-order valence-corrected chi connectivity index (χ0v) is 15.9. The molecule has 0 aliphatic carbocycles. The molecule has 9 heteroatoms. The number of benzene rings is 1. The Hall–Kier alpha value is -3.36. The molecule has 1 aliphatic heterocycles. The number of oxazole rings is 1. The average molecular weight is 416 g/mol. The average Bonchev–Trinajstić information content (AvgIpc) is 3.26. The lowest BCUT2D eigenvalue weighted by Crippen LogP contribution is -2.33. The van der Waals surface area contributed by atoms with Crippen LogP contribution in [0.4, 0.5) is 24.7 Å². The third-order valence-electron chi connectivity index (χ3n) is 5.14. The molecule has 1 fully saturated rings. The van der Waals surface area contributed by atoms with Crippen molar-refractivity contribution in [2.24, 2.45) is 0 Å². The van der Waals surface area contributed by atoms with E-state index in [2.05, 4.69) is 36.7 Å². The van der Waals surface area contributed by atoms with Crippen molar-refractivity contribution < 1.29 is 22.4 Å². The molecule has 0 spiro atoms. The van der Waals surface area contributed by atoms with E-state index in [0.29, 0.717) is 12.3 Å². The molecule has 1 saturated heterocycles. The summed E-state index contributed by atoms with van der Waals surface area (Å²) >= 11 is 0. The van der Waals surface area contributed by atoms with E-state index in [1.165, 1.54) is 11.8 Å². The van der Waals surface area contributed by atoms with Crippen LogP contribution in [-0.4, -0.2) is 29.0 Å². The highest BCUT2D eigenvalue weighted by Crippen LogP contribution is 2.32. The fourth-order valence-electron chi connectivity index (χ4n) is 3.61. The zero-order valence-electron chi connectivity index (χ0n) is 15.9. The molecule has 1 aliphatic rings. The summed E-state index contributed by atoms with van der Waals surface area (Å²) in [5.74, 6) is -0.631. The van der Waals surface area contributed by atoms with Gasteiger partial charge in [0.05, 0.1) is 11.9 Å². The molecule has 4 rings (SSSR count). The van der Waals surface area contributed by atoms with Crippen LogP contribution in [0.1, 0.15) is 40.6 Å². The molecular weight excluding hydrogens is 397 g/mol. The van der Waals surface area contributed by atoms with Gasteiger partial charge < -0.3 is 14.6 Å². The van der Waals surface area contributed by atoms with E-state index in [0.717, 1.165) is 31.7 Å². The van der Waals surface area contributed by atoms with Gasteiger partial charge in [-0.05, 0) is 36.5 Å². The number of halogens is 3. The third-order valence-corrected chi connectivity index (χ3v) is 5.14. The van der Waals surface area contributed by atoms with Gasteiger partial charge in [-0.3, -0.25) is 4.79 Å². The maximum atomic E-state index is 12.9. The second kappa shape index (κ2) is 8.17. The predicted molar refractivity (Wildman–Crippen MR) is 104 cm³/mol. The number of aromatic nitrogens is 2. The van der Waals surface area contributed by atoms with Gasteiger partial charge in [-0.15, -0.1) is 0 Å². The summed E-state index contributed by atoms with van der Waals surface area (Å²) < 4.78 is 43.2. The van der Waals surface area contributed by atoms with Crippen molar-refractivity contribution in [1.82, 2.24) is 9.97 Å². The molecule has 1 N–H and O–H groups in total. The third kappa shape index (κ3) is 4.29. The van der Waals surface area contributed by atoms with Crippen molar-refractivity contribution in [2.45, 2.75) is 24.9 Å². The molecule has 0 radical (unpaired) electrons. The Morgan fingerprint density at radius 2 is 1.80 bits per heavy atom. The number of hydrogen-bond acceptors (Lipinski definition) is 5. The van der Waals surface area contributed by atoms with Crippen molar-refractivity contribution in [3.05, 3.63) is 72.1 Å². The van der Waals surface area contributed by atoms with E-state index in [4.69, 9.17) is 0 Å². The van der Waals surface area contributed by atoms with Crippen LogP contribution in [-0.2, 0) is 6.18 Å². The first-order valence-corrected chi connectivity index (χ1v) is 9.50. The SMILES string of the molecule is O=C(Nc1ccc(N2CCC(c3ccccc3)CC2)nc1)c1ocnc1C(F)(F)F. The smallest absolute Gasteiger partial charge is 0.437 e. The van der Waals surface area contributed by atoms with Crippen molar-refractivity contribution in [3.8, 4) is 0 Å². The molecule has 6 nitrogen and oxygen atoms in total. The molecule has 0 unspecified atom stereocenters. The van der Waals surface area contributed by atoms with E-state index in [1.807, 2.05) is 18.2 Å². The number of carbonyl (C=O) groups is 1. The zero-order chi connectivity index (χ0) is 21.1. The largest absolute Gasteiger partial charge is 0.438 e. The van der Waals surface area contributed by atoms with Crippen molar-refractivity contribution in [2.75, 3.05) is 23.3 Å². The molecule has 0 saturated carbocycles. The van der Waals surface area contributed by atoms with Gasteiger partial charge in [0.2, 0.25) is 5.76 Å². The lowest BCUT2D eigenvalue weighted by atomic mass is 9.89. The Morgan fingerprint density at radius 1 is 1.07 bits per heavy atom. The minimum Gasteiger partial charge on any atom is -0.438 e. The van der Waals surface area contributed by atoms with E-state index in [9.17, 15) is 18.0 Å². The summed E-state index contributed by atoms with van der Waals surface area (Å²) in [6, 6.07) is 13.7. The summed E-state index contributed by atoms with van der Waals surface area (Å²) in [5, 5.41) is 2.36. The van der Waals surface area contributed by atoms with Crippen molar-refractivity contribution in [3.63, 3.8) is 0 Å². The molecular formula is C21H19F3N4O2. The van der Waals surface area contributed by atoms with Crippen LogP contribution in [0.25, 0.3) is 0 Å². The standard InChI is InChI=1S/C21H19F3N4O2/c22-21(23,24)19-18(30-13-26-19)20(29)27-16-6-7-17(25-12-16)28-10-8-15(9-11-28)14-4-2-1-3-5-14/h1-7,12-13,15H,8-11H2,(H,27,29). The number of carbonyl (C=O) groups excluding carboxylic acids is 1. The first kappa shape index (κ1) is 19.9. The minimum atomic E-state index is -4.77. The van der Waals surface area contributed by atoms with Crippen LogP contribution in [0, 0.1) is 0 Å². The van der Waals surface area contributed by atoms with Crippen molar-refractivity contribution >= 4 is 17.4 Å². The normalized spacial score (nSPS) is 15.2. The Morgan fingerprint density at radius 3 is 2.43 bits per heavy atom. The first-order valence-electron chi connectivity index (χ1n) is 9.50. The molecule has 3 heterocycles. The highest BCUT2D eigenvalue weighted by atomic mass is 19.4. The van der Waals surface area contributed by atoms with Gasteiger partial charge in [0.25, 0.3) is 5.91 Å². The molecule has 3 aromatic rings. The van der Waals surface area contributed by atoms with E-state index in [1.54, 1.807) is 12.1 Å². The molecule has 1 aromatic carbocycles. The van der Waals surface area contributed by atoms with Crippen LogP contribution in [0.5, 0.6) is 0 Å². The number of nitrogens with one attached hydrogen (secondary N) is 1. The number of hydrogen-bond donors (Lipinski definition) is 1. The maximum Gasteiger partial charge on any atom is 0.437 e. The number of pyridine rings is 1. The molecule has 2 aromatic heterocycles. The molecule has 0 bridgehead atoms. The number of amides is 1. The molecule has 1 amide bonds. The van der Waals surface area contributed by atoms with Crippen LogP contribution < -0.4 is 10.2 Å². The van der Waals surface area contributed by atoms with Gasteiger partial charge >= 0.3 is 6.18 Å². The maximum absolute atomic E-state index is 12.9. The van der Waals surface area contributed by atoms with Gasteiger partial charge in [-0.2, -0.15) is 13.2 Å². The number of rotatable bonds is 4. The van der Waals surface area contributed by atoms with Crippen LogP contribution >= 0.6 is 0 Å². The number of alkyl halides is 3. The first-order chi connectivity index (χ1) is 14.4. The summed E-state index contributed by atoms with van der Waals surface area (Å²) in [5.41, 5.74) is 0.257. The molecule has 0 atom stereocenters. The summed E-state index contributed by atoms with van der Waals surface area (Å²) in [6.45, 7) is 1.70. The highest BCUT2D eigenvalue weighted by molar-refractivity contribution is 6.03. The minimum absolute atomic E-state index is 0.271. The van der Waals surface area contributed by atoms with Gasteiger partial charge in [-0.25, -0.2) is 9.97 Å². The van der Waals surface area contributed by atoms with Gasteiger partial charge in [0.15, 0.2) is 12.1 Å². The van der Waals surface area contributed by atoms with E-state index in [-0.39, 0.29) is 5.69 Å². The Bertz CT molecular complexity index is 995. The fraction of sp³-hybridized carbons (Fsp3) is 0.286. The predicted octanol–water partition coefficient (Wildman–Crippen LogP) is 4.72. The monoisotopic (exact) mass is 416 g/mol.